The number of nitrogens with zero attached hydrogens (tertiary/aromatic N) is 1. The largest absolute Gasteiger partial charge is 0.384 e. The van der Waals surface area contributed by atoms with Crippen LogP contribution >= 0.6 is 0 Å². The smallest absolute Gasteiger partial charge is 0.147 e. The fraction of sp³-hybridized carbons (Fsp3) is 0.462. The Labute approximate surface area is 102 Å². The molecule has 3 nitrogen and oxygen atoms in total. The highest BCUT2D eigenvalue weighted by molar-refractivity contribution is 5.95. The first-order valence-electron chi connectivity index (χ1n) is 5.71. The molecule has 1 aromatic rings. The number of nitrogens with two attached hydrogens (primary N) is 1. The Hall–Kier alpha value is -1.58. The zero-order valence-corrected chi connectivity index (χ0v) is 10.8. The Morgan fingerprint density at radius 2 is 1.94 bits per heavy atom. The molecule has 0 aliphatic heterocycles. The maximum Gasteiger partial charge on any atom is 0.147 e. The van der Waals surface area contributed by atoms with Crippen molar-refractivity contribution in [2.45, 2.75) is 26.8 Å². The van der Waals surface area contributed by atoms with Gasteiger partial charge in [-0.2, -0.15) is 0 Å². The monoisotopic (exact) mass is 237 g/mol. The lowest BCUT2D eigenvalue weighted by molar-refractivity contribution is 0.497. The van der Waals surface area contributed by atoms with E-state index in [2.05, 4.69) is 20.8 Å². The minimum Gasteiger partial charge on any atom is -0.384 e. The van der Waals surface area contributed by atoms with E-state index in [1.165, 1.54) is 6.07 Å². The van der Waals surface area contributed by atoms with Crippen LogP contribution in [0.5, 0.6) is 0 Å². The van der Waals surface area contributed by atoms with Gasteiger partial charge in [-0.1, -0.05) is 13.8 Å². The van der Waals surface area contributed by atoms with Crippen LogP contribution in [0.15, 0.2) is 18.2 Å². The standard InChI is InChI=1S/C13H20FN3/c1-8(2)9(3)17(4)12-6-5-10(13(15)16)7-11(12)14/h5-9H,1-4H3,(H3,15,16). The number of rotatable bonds is 4. The molecule has 3 N–H and O–H groups in total. The van der Waals surface area contributed by atoms with Gasteiger partial charge < -0.3 is 10.6 Å². The summed E-state index contributed by atoms with van der Waals surface area (Å²) >= 11 is 0. The number of hydrogen-bond acceptors (Lipinski definition) is 2. The van der Waals surface area contributed by atoms with E-state index in [9.17, 15) is 4.39 Å². The van der Waals surface area contributed by atoms with Crippen molar-refractivity contribution >= 4 is 11.5 Å². The molecule has 0 bridgehead atoms. The first-order chi connectivity index (χ1) is 7.84. The van der Waals surface area contributed by atoms with Gasteiger partial charge in [0.2, 0.25) is 0 Å². The van der Waals surface area contributed by atoms with Crippen LogP contribution in [0.25, 0.3) is 0 Å². The molecule has 4 heteroatoms. The molecule has 1 unspecified atom stereocenters. The summed E-state index contributed by atoms with van der Waals surface area (Å²) in [6.45, 7) is 6.26. The van der Waals surface area contributed by atoms with E-state index in [0.29, 0.717) is 17.2 Å². The maximum absolute atomic E-state index is 13.9. The summed E-state index contributed by atoms with van der Waals surface area (Å²) < 4.78 is 13.9. The van der Waals surface area contributed by atoms with E-state index in [-0.39, 0.29) is 17.7 Å². The molecule has 1 atom stereocenters. The number of nitrogens with one attached hydrogen (secondary N) is 1. The normalized spacial score (nSPS) is 12.6. The van der Waals surface area contributed by atoms with Crippen LogP contribution in [-0.2, 0) is 0 Å². The van der Waals surface area contributed by atoms with Crippen LogP contribution in [0.1, 0.15) is 26.3 Å². The predicted octanol–water partition coefficient (Wildman–Crippen LogP) is 2.59. The van der Waals surface area contributed by atoms with E-state index in [4.69, 9.17) is 11.1 Å². The van der Waals surface area contributed by atoms with E-state index in [1.54, 1.807) is 12.1 Å². The first-order valence-corrected chi connectivity index (χ1v) is 5.71. The highest BCUT2D eigenvalue weighted by atomic mass is 19.1. The average Bonchev–Trinajstić information content (AvgIpc) is 2.26. The number of benzene rings is 1. The van der Waals surface area contributed by atoms with Crippen molar-refractivity contribution in [1.82, 2.24) is 0 Å². The van der Waals surface area contributed by atoms with Crippen molar-refractivity contribution in [3.8, 4) is 0 Å². The van der Waals surface area contributed by atoms with E-state index in [0.717, 1.165) is 0 Å². The van der Waals surface area contributed by atoms with Crippen molar-refractivity contribution in [2.24, 2.45) is 11.7 Å². The fourth-order valence-electron chi connectivity index (χ4n) is 1.63. The third-order valence-corrected chi connectivity index (χ3v) is 3.21. The molecule has 0 saturated carbocycles. The second-order valence-electron chi connectivity index (χ2n) is 4.68. The lowest BCUT2D eigenvalue weighted by Gasteiger charge is -2.30. The van der Waals surface area contributed by atoms with Gasteiger partial charge in [-0.25, -0.2) is 4.39 Å². The van der Waals surface area contributed by atoms with Gasteiger partial charge in [0.15, 0.2) is 0 Å². The number of hydrogen-bond donors (Lipinski definition) is 2. The van der Waals surface area contributed by atoms with Crippen molar-refractivity contribution < 1.29 is 4.39 Å². The summed E-state index contributed by atoms with van der Waals surface area (Å²) in [5, 5.41) is 7.26. The van der Waals surface area contributed by atoms with E-state index >= 15 is 0 Å². The van der Waals surface area contributed by atoms with Crippen LogP contribution < -0.4 is 10.6 Å². The predicted molar refractivity (Wildman–Crippen MR) is 70.1 cm³/mol. The Balaban J connectivity index is 3.03. The molecule has 0 spiro atoms. The van der Waals surface area contributed by atoms with Crippen molar-refractivity contribution in [3.05, 3.63) is 29.6 Å². The molecule has 1 rings (SSSR count). The Morgan fingerprint density at radius 3 is 2.35 bits per heavy atom. The van der Waals surface area contributed by atoms with Crippen LogP contribution in [0.3, 0.4) is 0 Å². The van der Waals surface area contributed by atoms with Crippen LogP contribution in [0, 0.1) is 17.1 Å². The molecule has 0 radical (unpaired) electrons. The molecular formula is C13H20FN3. The van der Waals surface area contributed by atoms with Crippen molar-refractivity contribution in [3.63, 3.8) is 0 Å². The lowest BCUT2D eigenvalue weighted by atomic mass is 10.0. The van der Waals surface area contributed by atoms with Gasteiger partial charge >= 0.3 is 0 Å². The molecule has 0 aliphatic rings. The number of nitrogen functional groups attached to an aromatic ring is 1. The molecular weight excluding hydrogens is 217 g/mol. The van der Waals surface area contributed by atoms with Gasteiger partial charge in [-0.3, -0.25) is 5.41 Å². The summed E-state index contributed by atoms with van der Waals surface area (Å²) in [5.74, 6) is -0.0189. The third-order valence-electron chi connectivity index (χ3n) is 3.21. The molecule has 0 aliphatic carbocycles. The van der Waals surface area contributed by atoms with Crippen LogP contribution in [0.2, 0.25) is 0 Å². The molecule has 0 aromatic heterocycles. The second-order valence-corrected chi connectivity index (χ2v) is 4.68. The number of anilines is 1. The highest BCUT2D eigenvalue weighted by Gasteiger charge is 2.17. The van der Waals surface area contributed by atoms with Gasteiger partial charge in [-0.15, -0.1) is 0 Å². The number of halogens is 1. The van der Waals surface area contributed by atoms with Gasteiger partial charge in [0.1, 0.15) is 11.7 Å². The Bertz CT molecular complexity index is 415. The molecule has 17 heavy (non-hydrogen) atoms. The zero-order valence-electron chi connectivity index (χ0n) is 10.8. The van der Waals surface area contributed by atoms with Gasteiger partial charge in [0.25, 0.3) is 0 Å². The van der Waals surface area contributed by atoms with Gasteiger partial charge in [0.05, 0.1) is 5.69 Å². The molecule has 94 valence electrons. The summed E-state index contributed by atoms with van der Waals surface area (Å²) in [4.78, 5) is 1.91. The van der Waals surface area contributed by atoms with Crippen LogP contribution in [0.4, 0.5) is 10.1 Å². The summed E-state index contributed by atoms with van der Waals surface area (Å²) in [7, 11) is 1.87. The number of amidine groups is 1. The van der Waals surface area contributed by atoms with Gasteiger partial charge in [-0.05, 0) is 31.0 Å². The maximum atomic E-state index is 13.9. The van der Waals surface area contributed by atoms with Crippen molar-refractivity contribution in [2.75, 3.05) is 11.9 Å². The Kier molecular flexibility index (Phi) is 4.10. The van der Waals surface area contributed by atoms with E-state index in [1.807, 2.05) is 11.9 Å². The summed E-state index contributed by atoms with van der Waals surface area (Å²) in [5.41, 5.74) is 6.27. The Morgan fingerprint density at radius 1 is 1.35 bits per heavy atom. The first kappa shape index (κ1) is 13.5. The molecule has 0 amide bonds. The molecule has 1 aromatic carbocycles. The second kappa shape index (κ2) is 5.17. The van der Waals surface area contributed by atoms with E-state index < -0.39 is 0 Å². The van der Waals surface area contributed by atoms with Gasteiger partial charge in [0, 0.05) is 18.7 Å². The molecule has 0 saturated heterocycles. The zero-order chi connectivity index (χ0) is 13.2. The molecule has 0 fully saturated rings. The molecule has 0 heterocycles. The summed E-state index contributed by atoms with van der Waals surface area (Å²) in [6.07, 6.45) is 0. The summed E-state index contributed by atoms with van der Waals surface area (Å²) in [6, 6.07) is 4.89. The quantitative estimate of drug-likeness (QED) is 0.624. The highest BCUT2D eigenvalue weighted by Crippen LogP contribution is 2.23. The minimum absolute atomic E-state index is 0.116. The van der Waals surface area contributed by atoms with Crippen molar-refractivity contribution in [1.29, 1.82) is 5.41 Å². The van der Waals surface area contributed by atoms with Crippen LogP contribution in [-0.4, -0.2) is 18.9 Å². The minimum atomic E-state index is -0.340. The third kappa shape index (κ3) is 2.96. The average molecular weight is 237 g/mol. The topological polar surface area (TPSA) is 53.1 Å². The SMILES string of the molecule is CC(C)C(C)N(C)c1ccc(C(=N)N)cc1F. The fourth-order valence-corrected chi connectivity index (χ4v) is 1.63. The lowest BCUT2D eigenvalue weighted by Crippen LogP contribution is -2.33.